The average Bonchev–Trinajstić information content (AvgIpc) is 3.08. The number of benzene rings is 2. The van der Waals surface area contributed by atoms with Crippen LogP contribution in [-0.2, 0) is 9.59 Å². The van der Waals surface area contributed by atoms with E-state index in [0.717, 1.165) is 61.4 Å². The van der Waals surface area contributed by atoms with Gasteiger partial charge in [0.25, 0.3) is 0 Å². The van der Waals surface area contributed by atoms with Crippen molar-refractivity contribution < 1.29 is 9.59 Å². The van der Waals surface area contributed by atoms with Gasteiger partial charge in [0.2, 0.25) is 5.91 Å². The van der Waals surface area contributed by atoms with Gasteiger partial charge in [-0.25, -0.2) is 0 Å². The highest BCUT2D eigenvalue weighted by molar-refractivity contribution is 6.01. The largest absolute Gasteiger partial charge is 0.368 e. The monoisotopic (exact) mass is 524 g/mol. The minimum absolute atomic E-state index is 0.0850. The van der Waals surface area contributed by atoms with Crippen molar-refractivity contribution >= 4 is 28.8 Å². The van der Waals surface area contributed by atoms with Crippen LogP contribution in [0.15, 0.2) is 78.0 Å². The molecular formula is C33H40N4O2. The van der Waals surface area contributed by atoms with Crippen molar-refractivity contribution in [1.82, 2.24) is 4.90 Å². The zero-order chi connectivity index (χ0) is 27.0. The Morgan fingerprint density at radius 2 is 1.69 bits per heavy atom. The van der Waals surface area contributed by atoms with E-state index in [-0.39, 0.29) is 29.7 Å². The summed E-state index contributed by atoms with van der Waals surface area (Å²) in [6, 6.07) is 18.6. The molecule has 4 aliphatic rings. The lowest BCUT2D eigenvalue weighted by molar-refractivity contribution is -0.130. The second-order valence-corrected chi connectivity index (χ2v) is 12.3. The van der Waals surface area contributed by atoms with E-state index in [0.29, 0.717) is 25.4 Å². The Hall–Kier alpha value is -3.54. The van der Waals surface area contributed by atoms with E-state index >= 15 is 0 Å². The van der Waals surface area contributed by atoms with Crippen LogP contribution in [0.4, 0.5) is 17.1 Å². The van der Waals surface area contributed by atoms with E-state index < -0.39 is 0 Å². The fourth-order valence-electron chi connectivity index (χ4n) is 6.96. The first-order valence-corrected chi connectivity index (χ1v) is 14.5. The van der Waals surface area contributed by atoms with Gasteiger partial charge < -0.3 is 20.0 Å². The number of nitrogens with one attached hydrogen (secondary N) is 1. The highest BCUT2D eigenvalue weighted by atomic mass is 16.2. The molecule has 0 spiro atoms. The van der Waals surface area contributed by atoms with E-state index in [1.807, 2.05) is 23.1 Å². The van der Waals surface area contributed by atoms with E-state index in [9.17, 15) is 9.59 Å². The van der Waals surface area contributed by atoms with Gasteiger partial charge >= 0.3 is 0 Å². The number of hydrogen-bond acceptors (Lipinski definition) is 5. The summed E-state index contributed by atoms with van der Waals surface area (Å²) < 4.78 is 0. The number of amides is 1. The molecule has 1 N–H and O–H groups in total. The molecule has 2 aromatic rings. The minimum Gasteiger partial charge on any atom is -0.368 e. The molecule has 0 aromatic heterocycles. The van der Waals surface area contributed by atoms with E-state index in [4.69, 9.17) is 0 Å². The quantitative estimate of drug-likeness (QED) is 0.525. The highest BCUT2D eigenvalue weighted by Gasteiger charge is 2.44. The molecule has 0 bridgehead atoms. The number of carbonyl (C=O) groups is 2. The van der Waals surface area contributed by atoms with Gasteiger partial charge in [0.1, 0.15) is 0 Å². The lowest BCUT2D eigenvalue weighted by Crippen LogP contribution is -2.54. The number of nitrogens with zero attached hydrogens (tertiary/aromatic N) is 3. The van der Waals surface area contributed by atoms with Crippen LogP contribution in [0.5, 0.6) is 0 Å². The summed E-state index contributed by atoms with van der Waals surface area (Å²) in [7, 11) is 0. The molecule has 2 unspecified atom stereocenters. The maximum Gasteiger partial charge on any atom is 0.242 e. The second-order valence-electron chi connectivity index (χ2n) is 12.3. The van der Waals surface area contributed by atoms with Gasteiger partial charge in [-0.15, -0.1) is 0 Å². The van der Waals surface area contributed by atoms with Crippen molar-refractivity contribution in [2.45, 2.75) is 52.0 Å². The third-order valence-electron chi connectivity index (χ3n) is 8.87. The second kappa shape index (κ2) is 10.6. The maximum absolute atomic E-state index is 13.9. The molecule has 2 atom stereocenters. The Morgan fingerprint density at radius 1 is 0.949 bits per heavy atom. The zero-order valence-corrected chi connectivity index (χ0v) is 23.2. The molecular weight excluding hydrogens is 484 g/mol. The van der Waals surface area contributed by atoms with Gasteiger partial charge in [-0.3, -0.25) is 9.59 Å². The van der Waals surface area contributed by atoms with E-state index in [1.165, 1.54) is 5.69 Å². The number of hydrogen-bond donors (Lipinski definition) is 1. The molecule has 2 aromatic carbocycles. The van der Waals surface area contributed by atoms with Crippen LogP contribution in [0, 0.1) is 11.3 Å². The number of piperazine rings is 1. The Labute approximate surface area is 232 Å². The molecule has 0 radical (unpaired) electrons. The van der Waals surface area contributed by atoms with Gasteiger partial charge in [-0.05, 0) is 61.3 Å². The van der Waals surface area contributed by atoms with Gasteiger partial charge in [-0.1, -0.05) is 56.3 Å². The van der Waals surface area contributed by atoms with Crippen LogP contribution >= 0.6 is 0 Å². The highest BCUT2D eigenvalue weighted by Crippen LogP contribution is 2.46. The lowest BCUT2D eigenvalue weighted by Gasteiger charge is -2.43. The van der Waals surface area contributed by atoms with Crippen LogP contribution in [0.3, 0.4) is 0 Å². The zero-order valence-electron chi connectivity index (χ0n) is 23.2. The Bertz CT molecular complexity index is 1290. The summed E-state index contributed by atoms with van der Waals surface area (Å²) in [5, 5.41) is 3.69. The van der Waals surface area contributed by atoms with Gasteiger partial charge in [0.05, 0.1) is 24.0 Å². The normalized spacial score (nSPS) is 24.6. The number of rotatable bonds is 4. The predicted molar refractivity (Wildman–Crippen MR) is 158 cm³/mol. The topological polar surface area (TPSA) is 55.9 Å². The van der Waals surface area contributed by atoms with E-state index in [1.54, 1.807) is 0 Å². The number of para-hydroxylation sites is 3. The van der Waals surface area contributed by atoms with Crippen LogP contribution < -0.4 is 15.1 Å². The summed E-state index contributed by atoms with van der Waals surface area (Å²) in [5.74, 6) is 0.664. The molecule has 2 aliphatic heterocycles. The molecule has 1 fully saturated rings. The fourth-order valence-corrected chi connectivity index (χ4v) is 6.96. The smallest absolute Gasteiger partial charge is 0.242 e. The fraction of sp³-hybridized carbons (Fsp3) is 0.455. The summed E-state index contributed by atoms with van der Waals surface area (Å²) in [6.07, 6.45) is 8.87. The molecule has 6 nitrogen and oxygen atoms in total. The summed E-state index contributed by atoms with van der Waals surface area (Å²) in [6.45, 7) is 7.71. The molecule has 0 saturated carbocycles. The SMILES string of the molecule is CC1(C)CC(=O)C2=C(C1)Nc1ccccc1N(CC(=O)N1CCN(c3ccccc3)CC1)C2C1CC=CCC1. The molecule has 204 valence electrons. The lowest BCUT2D eigenvalue weighted by atomic mass is 9.71. The van der Waals surface area contributed by atoms with Crippen molar-refractivity contribution in [1.29, 1.82) is 0 Å². The number of ketones is 1. The van der Waals surface area contributed by atoms with Gasteiger partial charge in [0, 0.05) is 49.6 Å². The first kappa shape index (κ1) is 25.7. The first-order valence-electron chi connectivity index (χ1n) is 14.5. The van der Waals surface area contributed by atoms with Gasteiger partial charge in [-0.2, -0.15) is 0 Å². The summed E-state index contributed by atoms with van der Waals surface area (Å²) in [4.78, 5) is 34.4. The molecule has 6 rings (SSSR count). The summed E-state index contributed by atoms with van der Waals surface area (Å²) in [5.41, 5.74) is 5.10. The molecule has 6 heteroatoms. The first-order chi connectivity index (χ1) is 18.9. The van der Waals surface area contributed by atoms with Crippen LogP contribution in [0.1, 0.15) is 46.0 Å². The Balaban J connectivity index is 1.32. The van der Waals surface area contributed by atoms with Gasteiger partial charge in [0.15, 0.2) is 5.78 Å². The molecule has 1 saturated heterocycles. The Kier molecular flexibility index (Phi) is 6.96. The number of allylic oxidation sites excluding steroid dienone is 3. The molecule has 2 aliphatic carbocycles. The van der Waals surface area contributed by atoms with Crippen molar-refractivity contribution in [3.05, 3.63) is 78.0 Å². The molecule has 1 amide bonds. The molecule has 2 heterocycles. The number of fused-ring (bicyclic) bond motifs is 1. The van der Waals surface area contributed by atoms with Crippen molar-refractivity contribution in [3.63, 3.8) is 0 Å². The summed E-state index contributed by atoms with van der Waals surface area (Å²) >= 11 is 0. The Morgan fingerprint density at radius 3 is 2.44 bits per heavy atom. The maximum atomic E-state index is 13.9. The van der Waals surface area contributed by atoms with Crippen LogP contribution in [-0.4, -0.2) is 55.4 Å². The van der Waals surface area contributed by atoms with Crippen LogP contribution in [0.2, 0.25) is 0 Å². The number of carbonyl (C=O) groups excluding carboxylic acids is 2. The average molecular weight is 525 g/mol. The third-order valence-corrected chi connectivity index (χ3v) is 8.87. The standard InChI is InChI=1S/C33H40N4O2/c1-33(2)21-27-31(29(38)22-33)32(24-11-5-3-6-12-24)37(28-16-10-9-15-26(28)34-27)23-30(39)36-19-17-35(18-20-36)25-13-7-4-8-14-25/h3-5,7-10,13-16,24,32,34H,6,11-12,17-23H2,1-2H3. The van der Waals surface area contributed by atoms with Crippen molar-refractivity contribution in [3.8, 4) is 0 Å². The third kappa shape index (κ3) is 5.21. The minimum atomic E-state index is -0.112. The number of Topliss-reactive ketones (excluding diaryl/α,β-unsaturated/α-hetero) is 1. The van der Waals surface area contributed by atoms with Crippen LogP contribution in [0.25, 0.3) is 0 Å². The van der Waals surface area contributed by atoms with Crippen molar-refractivity contribution in [2.24, 2.45) is 11.3 Å². The number of anilines is 3. The molecule has 39 heavy (non-hydrogen) atoms. The predicted octanol–water partition coefficient (Wildman–Crippen LogP) is 5.64. The van der Waals surface area contributed by atoms with E-state index in [2.05, 4.69) is 77.5 Å². The van der Waals surface area contributed by atoms with Crippen molar-refractivity contribution in [2.75, 3.05) is 47.8 Å².